The Morgan fingerprint density at radius 1 is 1.48 bits per heavy atom. The van der Waals surface area contributed by atoms with Crippen LogP contribution in [0.3, 0.4) is 0 Å². The molecule has 1 amide bonds. The molecule has 2 rings (SSSR count). The van der Waals surface area contributed by atoms with Gasteiger partial charge in [-0.1, -0.05) is 6.07 Å². The zero-order chi connectivity index (χ0) is 15.2. The lowest BCUT2D eigenvalue weighted by molar-refractivity contribution is 0.0953. The van der Waals surface area contributed by atoms with Crippen molar-refractivity contribution in [2.45, 2.75) is 11.9 Å². The fourth-order valence-electron chi connectivity index (χ4n) is 1.84. The van der Waals surface area contributed by atoms with Gasteiger partial charge in [0.1, 0.15) is 5.75 Å². The molecule has 0 spiro atoms. The van der Waals surface area contributed by atoms with E-state index >= 15 is 0 Å². The predicted octanol–water partition coefficient (Wildman–Crippen LogP) is 1.50. The van der Waals surface area contributed by atoms with Crippen LogP contribution in [0.2, 0.25) is 0 Å². The third-order valence-electron chi connectivity index (χ3n) is 2.79. The molecule has 21 heavy (non-hydrogen) atoms. The normalized spacial score (nSPS) is 10.4. The Morgan fingerprint density at radius 2 is 2.29 bits per heavy atom. The Bertz CT molecular complexity index is 627. The summed E-state index contributed by atoms with van der Waals surface area (Å²) in [5.41, 5.74) is 3.58. The van der Waals surface area contributed by atoms with E-state index in [0.29, 0.717) is 17.9 Å². The van der Waals surface area contributed by atoms with Crippen molar-refractivity contribution in [3.8, 4) is 5.75 Å². The van der Waals surface area contributed by atoms with E-state index in [9.17, 15) is 4.79 Å². The molecule has 0 aliphatic heterocycles. The number of nitrogens with two attached hydrogens (primary N) is 1. The minimum Gasteiger partial charge on any atom is -0.493 e. The van der Waals surface area contributed by atoms with Gasteiger partial charge in [0.2, 0.25) is 0 Å². The van der Waals surface area contributed by atoms with Crippen LogP contribution in [0, 0.1) is 6.92 Å². The van der Waals surface area contributed by atoms with E-state index in [1.165, 1.54) is 0 Å². The lowest BCUT2D eigenvalue weighted by Gasteiger charge is -2.07. The molecule has 0 aliphatic rings. The van der Waals surface area contributed by atoms with Crippen LogP contribution in [-0.4, -0.2) is 28.0 Å². The first-order chi connectivity index (χ1) is 10.1. The topological polar surface area (TPSA) is 82.2 Å². The highest BCUT2D eigenvalue weighted by molar-refractivity contribution is 7.99. The molecule has 0 unspecified atom stereocenters. The second-order valence-electron chi connectivity index (χ2n) is 4.45. The van der Waals surface area contributed by atoms with Crippen molar-refractivity contribution >= 4 is 17.7 Å². The highest BCUT2D eigenvalue weighted by atomic mass is 32.2. The van der Waals surface area contributed by atoms with Crippen molar-refractivity contribution in [2.75, 3.05) is 12.4 Å². The maximum atomic E-state index is 11.4. The lowest BCUT2D eigenvalue weighted by atomic mass is 10.2. The molecule has 6 nitrogen and oxygen atoms in total. The molecular formula is C14H18N4O2S. The van der Waals surface area contributed by atoms with E-state index in [2.05, 4.69) is 10.5 Å². The van der Waals surface area contributed by atoms with E-state index in [4.69, 9.17) is 10.6 Å². The van der Waals surface area contributed by atoms with Crippen LogP contribution >= 0.6 is 11.8 Å². The Labute approximate surface area is 127 Å². The monoisotopic (exact) mass is 306 g/mol. The van der Waals surface area contributed by atoms with Crippen molar-refractivity contribution in [1.29, 1.82) is 0 Å². The summed E-state index contributed by atoms with van der Waals surface area (Å²) in [5, 5.41) is 5.39. The highest BCUT2D eigenvalue weighted by Gasteiger charge is 2.05. The van der Waals surface area contributed by atoms with E-state index in [1.807, 2.05) is 30.8 Å². The Balaban J connectivity index is 1.83. The van der Waals surface area contributed by atoms with Crippen molar-refractivity contribution in [3.05, 3.63) is 41.6 Å². The van der Waals surface area contributed by atoms with E-state index in [1.54, 1.807) is 30.0 Å². The average molecular weight is 306 g/mol. The number of carbonyl (C=O) groups is 1. The number of thioether (sulfide) groups is 1. The number of hydrogen-bond acceptors (Lipinski definition) is 5. The van der Waals surface area contributed by atoms with Gasteiger partial charge in [-0.25, -0.2) is 5.84 Å². The number of aryl methyl sites for hydroxylation is 2. The number of nitrogens with one attached hydrogen (secondary N) is 1. The maximum absolute atomic E-state index is 11.4. The Kier molecular flexibility index (Phi) is 5.24. The number of hydrogen-bond donors (Lipinski definition) is 2. The second kappa shape index (κ2) is 7.14. The molecular weight excluding hydrogens is 288 g/mol. The molecule has 0 aliphatic carbocycles. The first-order valence-electron chi connectivity index (χ1n) is 6.47. The summed E-state index contributed by atoms with van der Waals surface area (Å²) in [6.07, 6.45) is 0. The zero-order valence-electron chi connectivity index (χ0n) is 12.0. The predicted molar refractivity (Wildman–Crippen MR) is 82.3 cm³/mol. The number of nitrogen functional groups attached to an aromatic ring is 1. The molecule has 0 bridgehead atoms. The van der Waals surface area contributed by atoms with Gasteiger partial charge in [0, 0.05) is 18.4 Å². The number of hydrazine groups is 1. The molecule has 0 saturated carbocycles. The summed E-state index contributed by atoms with van der Waals surface area (Å²) in [7, 11) is 1.92. The number of ether oxygens (including phenoxy) is 1. The summed E-state index contributed by atoms with van der Waals surface area (Å²) in [4.78, 5) is 11.4. The summed E-state index contributed by atoms with van der Waals surface area (Å²) >= 11 is 1.68. The van der Waals surface area contributed by atoms with Crippen LogP contribution in [-0.2, 0) is 7.05 Å². The van der Waals surface area contributed by atoms with Gasteiger partial charge in [-0.3, -0.25) is 14.9 Å². The van der Waals surface area contributed by atoms with Gasteiger partial charge in [-0.2, -0.15) is 5.10 Å². The van der Waals surface area contributed by atoms with Crippen LogP contribution in [0.25, 0.3) is 0 Å². The SMILES string of the molecule is Cc1cc(SCCOc2cccc(C(=O)NN)c2)n(C)n1. The number of nitrogens with zero attached hydrogens (tertiary/aromatic N) is 2. The van der Waals surface area contributed by atoms with Gasteiger partial charge in [0.05, 0.1) is 17.3 Å². The van der Waals surface area contributed by atoms with Crippen molar-refractivity contribution in [1.82, 2.24) is 15.2 Å². The molecule has 1 aromatic carbocycles. The van der Waals surface area contributed by atoms with Gasteiger partial charge in [0.15, 0.2) is 0 Å². The zero-order valence-corrected chi connectivity index (χ0v) is 12.8. The van der Waals surface area contributed by atoms with E-state index in [-0.39, 0.29) is 5.91 Å². The number of benzene rings is 1. The smallest absolute Gasteiger partial charge is 0.265 e. The minimum absolute atomic E-state index is 0.333. The summed E-state index contributed by atoms with van der Waals surface area (Å²) in [6.45, 7) is 2.51. The van der Waals surface area contributed by atoms with Gasteiger partial charge in [0.25, 0.3) is 5.91 Å². The van der Waals surface area contributed by atoms with Gasteiger partial charge in [-0.05, 0) is 31.2 Å². The molecule has 112 valence electrons. The van der Waals surface area contributed by atoms with Crippen LogP contribution in [0.5, 0.6) is 5.75 Å². The number of rotatable bonds is 6. The number of amides is 1. The maximum Gasteiger partial charge on any atom is 0.265 e. The third kappa shape index (κ3) is 4.24. The van der Waals surface area contributed by atoms with Crippen molar-refractivity contribution < 1.29 is 9.53 Å². The van der Waals surface area contributed by atoms with E-state index < -0.39 is 0 Å². The molecule has 0 fully saturated rings. The third-order valence-corrected chi connectivity index (χ3v) is 3.84. The highest BCUT2D eigenvalue weighted by Crippen LogP contribution is 2.19. The molecule has 3 N–H and O–H groups in total. The first kappa shape index (κ1) is 15.4. The first-order valence-corrected chi connectivity index (χ1v) is 7.46. The Hall–Kier alpha value is -1.99. The fourth-order valence-corrected chi connectivity index (χ4v) is 2.70. The van der Waals surface area contributed by atoms with Gasteiger partial charge in [-0.15, -0.1) is 11.8 Å². The van der Waals surface area contributed by atoms with Gasteiger partial charge < -0.3 is 4.74 Å². The molecule has 0 saturated heterocycles. The molecule has 1 aromatic heterocycles. The van der Waals surface area contributed by atoms with Crippen LogP contribution in [0.4, 0.5) is 0 Å². The van der Waals surface area contributed by atoms with Crippen LogP contribution in [0.1, 0.15) is 16.1 Å². The quantitative estimate of drug-likeness (QED) is 0.278. The minimum atomic E-state index is -0.333. The molecule has 7 heteroatoms. The van der Waals surface area contributed by atoms with Crippen molar-refractivity contribution in [2.24, 2.45) is 12.9 Å². The second-order valence-corrected chi connectivity index (χ2v) is 5.56. The van der Waals surface area contributed by atoms with E-state index in [0.717, 1.165) is 16.5 Å². The average Bonchev–Trinajstić information content (AvgIpc) is 2.81. The lowest BCUT2D eigenvalue weighted by Crippen LogP contribution is -2.29. The van der Waals surface area contributed by atoms with Crippen LogP contribution in [0.15, 0.2) is 35.4 Å². The summed E-state index contributed by atoms with van der Waals surface area (Å²) < 4.78 is 7.49. The summed E-state index contributed by atoms with van der Waals surface area (Å²) in [6, 6.07) is 8.96. The molecule has 0 radical (unpaired) electrons. The fraction of sp³-hybridized carbons (Fsp3) is 0.286. The largest absolute Gasteiger partial charge is 0.493 e. The molecule has 2 aromatic rings. The molecule has 1 heterocycles. The molecule has 0 atom stereocenters. The summed E-state index contributed by atoms with van der Waals surface area (Å²) in [5.74, 6) is 6.22. The van der Waals surface area contributed by atoms with Crippen molar-refractivity contribution in [3.63, 3.8) is 0 Å². The van der Waals surface area contributed by atoms with Crippen LogP contribution < -0.4 is 16.0 Å². The van der Waals surface area contributed by atoms with Gasteiger partial charge >= 0.3 is 0 Å². The number of aromatic nitrogens is 2. The Morgan fingerprint density at radius 3 is 2.95 bits per heavy atom. The number of carbonyl (C=O) groups excluding carboxylic acids is 1. The standard InChI is InChI=1S/C14H18N4O2S/c1-10-8-13(18(2)17-10)21-7-6-20-12-5-3-4-11(9-12)14(19)16-15/h3-5,8-9H,6-7,15H2,1-2H3,(H,16,19).